The molecule has 1 aliphatic rings. The molecule has 2 heterocycles. The molecular formula is C10H15ClN4. The van der Waals surface area contributed by atoms with Crippen LogP contribution in [0.3, 0.4) is 0 Å². The average Bonchev–Trinajstić information content (AvgIpc) is 2.58. The third-order valence-corrected chi connectivity index (χ3v) is 2.98. The monoisotopic (exact) mass is 226 g/mol. The van der Waals surface area contributed by atoms with Gasteiger partial charge in [-0.05, 0) is 30.9 Å². The van der Waals surface area contributed by atoms with Gasteiger partial charge in [-0.2, -0.15) is 4.98 Å². The van der Waals surface area contributed by atoms with Gasteiger partial charge in [0.25, 0.3) is 0 Å². The highest BCUT2D eigenvalue weighted by atomic mass is 35.5. The van der Waals surface area contributed by atoms with Crippen molar-refractivity contribution in [1.29, 1.82) is 0 Å². The molecule has 0 radical (unpaired) electrons. The Labute approximate surface area is 94.5 Å². The SMILES string of the molecule is Cc1nc(Cl)nc(N2CCC(C)C2)c1N. The van der Waals surface area contributed by atoms with E-state index in [1.807, 2.05) is 6.92 Å². The summed E-state index contributed by atoms with van der Waals surface area (Å²) < 4.78 is 0. The van der Waals surface area contributed by atoms with Gasteiger partial charge in [0.2, 0.25) is 5.28 Å². The summed E-state index contributed by atoms with van der Waals surface area (Å²) in [6.45, 7) is 6.08. The number of hydrogen-bond donors (Lipinski definition) is 1. The van der Waals surface area contributed by atoms with Crippen molar-refractivity contribution in [2.24, 2.45) is 5.92 Å². The van der Waals surface area contributed by atoms with Gasteiger partial charge in [0.1, 0.15) is 0 Å². The highest BCUT2D eigenvalue weighted by molar-refractivity contribution is 6.28. The second-order valence-corrected chi connectivity index (χ2v) is 4.49. The average molecular weight is 227 g/mol. The van der Waals surface area contributed by atoms with Crippen LogP contribution in [0.15, 0.2) is 0 Å². The summed E-state index contributed by atoms with van der Waals surface area (Å²) in [5, 5.41) is 0.274. The second-order valence-electron chi connectivity index (χ2n) is 4.16. The minimum absolute atomic E-state index is 0.274. The van der Waals surface area contributed by atoms with Gasteiger partial charge in [0, 0.05) is 13.1 Å². The second kappa shape index (κ2) is 3.85. The van der Waals surface area contributed by atoms with E-state index in [0.717, 1.165) is 24.6 Å². The molecule has 0 saturated carbocycles. The fourth-order valence-corrected chi connectivity index (χ4v) is 2.11. The van der Waals surface area contributed by atoms with Crippen LogP contribution in [-0.2, 0) is 0 Å². The van der Waals surface area contributed by atoms with Crippen molar-refractivity contribution in [3.05, 3.63) is 11.0 Å². The van der Waals surface area contributed by atoms with Gasteiger partial charge in [0.05, 0.1) is 11.4 Å². The summed E-state index contributed by atoms with van der Waals surface area (Å²) in [7, 11) is 0. The maximum atomic E-state index is 5.95. The molecule has 1 saturated heterocycles. The van der Waals surface area contributed by atoms with Gasteiger partial charge in [-0.15, -0.1) is 0 Å². The fourth-order valence-electron chi connectivity index (χ4n) is 1.90. The number of aryl methyl sites for hydroxylation is 1. The van der Waals surface area contributed by atoms with Gasteiger partial charge >= 0.3 is 0 Å². The number of nitrogens with zero attached hydrogens (tertiary/aromatic N) is 3. The Bertz CT molecular complexity index is 380. The van der Waals surface area contributed by atoms with Gasteiger partial charge in [-0.3, -0.25) is 0 Å². The zero-order valence-electron chi connectivity index (χ0n) is 9.00. The Morgan fingerprint density at radius 1 is 1.47 bits per heavy atom. The Balaban J connectivity index is 2.35. The lowest BCUT2D eigenvalue weighted by atomic mass is 10.2. The third kappa shape index (κ3) is 2.00. The Morgan fingerprint density at radius 2 is 2.20 bits per heavy atom. The van der Waals surface area contributed by atoms with E-state index in [0.29, 0.717) is 11.6 Å². The quantitative estimate of drug-likeness (QED) is 0.743. The molecule has 1 unspecified atom stereocenters. The first-order valence-electron chi connectivity index (χ1n) is 5.12. The molecule has 0 spiro atoms. The lowest BCUT2D eigenvalue weighted by Gasteiger charge is -2.19. The van der Waals surface area contributed by atoms with E-state index >= 15 is 0 Å². The van der Waals surface area contributed by atoms with Crippen LogP contribution in [0.1, 0.15) is 19.0 Å². The largest absolute Gasteiger partial charge is 0.394 e. The number of hydrogen-bond acceptors (Lipinski definition) is 4. The molecule has 1 aliphatic heterocycles. The third-order valence-electron chi connectivity index (χ3n) is 2.81. The smallest absolute Gasteiger partial charge is 0.224 e. The molecule has 82 valence electrons. The normalized spacial score (nSPS) is 21.0. The zero-order chi connectivity index (χ0) is 11.0. The summed E-state index contributed by atoms with van der Waals surface area (Å²) in [6, 6.07) is 0. The Hall–Kier alpha value is -1.03. The molecule has 1 atom stereocenters. The van der Waals surface area contributed by atoms with Crippen LogP contribution < -0.4 is 10.6 Å². The molecule has 1 fully saturated rings. The molecule has 15 heavy (non-hydrogen) atoms. The standard InChI is InChI=1S/C10H15ClN4/c1-6-3-4-15(5-6)9-8(12)7(2)13-10(11)14-9/h6H,3-5,12H2,1-2H3. The van der Waals surface area contributed by atoms with Crippen LogP contribution in [0.25, 0.3) is 0 Å². The number of aromatic nitrogens is 2. The van der Waals surface area contributed by atoms with E-state index in [4.69, 9.17) is 17.3 Å². The van der Waals surface area contributed by atoms with Crippen LogP contribution in [0, 0.1) is 12.8 Å². The first-order chi connectivity index (χ1) is 7.08. The molecule has 1 aromatic rings. The van der Waals surface area contributed by atoms with Crippen molar-refractivity contribution in [3.8, 4) is 0 Å². The van der Waals surface area contributed by atoms with Crippen LogP contribution >= 0.6 is 11.6 Å². The minimum Gasteiger partial charge on any atom is -0.394 e. The summed E-state index contributed by atoms with van der Waals surface area (Å²) >= 11 is 5.83. The molecule has 0 aliphatic carbocycles. The van der Waals surface area contributed by atoms with E-state index in [9.17, 15) is 0 Å². The number of nitrogens with two attached hydrogens (primary N) is 1. The molecule has 5 heteroatoms. The van der Waals surface area contributed by atoms with E-state index in [2.05, 4.69) is 21.8 Å². The van der Waals surface area contributed by atoms with Gasteiger partial charge in [-0.25, -0.2) is 4.98 Å². The molecule has 4 nitrogen and oxygen atoms in total. The molecule has 0 amide bonds. The number of rotatable bonds is 1. The zero-order valence-corrected chi connectivity index (χ0v) is 9.75. The Kier molecular flexibility index (Phi) is 2.69. The predicted octanol–water partition coefficient (Wildman–Crippen LogP) is 1.87. The predicted molar refractivity (Wildman–Crippen MR) is 62.2 cm³/mol. The van der Waals surface area contributed by atoms with Crippen molar-refractivity contribution in [2.45, 2.75) is 20.3 Å². The van der Waals surface area contributed by atoms with E-state index < -0.39 is 0 Å². The van der Waals surface area contributed by atoms with Crippen LogP contribution in [0.5, 0.6) is 0 Å². The topological polar surface area (TPSA) is 55.0 Å². The number of anilines is 2. The Morgan fingerprint density at radius 3 is 2.80 bits per heavy atom. The molecule has 0 bridgehead atoms. The summed E-state index contributed by atoms with van der Waals surface area (Å²) in [5.74, 6) is 1.48. The summed E-state index contributed by atoms with van der Waals surface area (Å²) in [5.41, 5.74) is 7.35. The van der Waals surface area contributed by atoms with Crippen molar-refractivity contribution >= 4 is 23.1 Å². The van der Waals surface area contributed by atoms with Gasteiger partial charge in [0.15, 0.2) is 5.82 Å². The lowest BCUT2D eigenvalue weighted by molar-refractivity contribution is 0.659. The fraction of sp³-hybridized carbons (Fsp3) is 0.600. The first kappa shape index (κ1) is 10.5. The molecule has 0 aromatic carbocycles. The maximum absolute atomic E-state index is 5.95. The number of halogens is 1. The molecule has 2 N–H and O–H groups in total. The number of nitrogen functional groups attached to an aromatic ring is 1. The first-order valence-corrected chi connectivity index (χ1v) is 5.50. The van der Waals surface area contributed by atoms with E-state index in [1.54, 1.807) is 0 Å². The van der Waals surface area contributed by atoms with Crippen LogP contribution in [-0.4, -0.2) is 23.1 Å². The van der Waals surface area contributed by atoms with Gasteiger partial charge < -0.3 is 10.6 Å². The van der Waals surface area contributed by atoms with Crippen LogP contribution in [0.4, 0.5) is 11.5 Å². The maximum Gasteiger partial charge on any atom is 0.224 e. The van der Waals surface area contributed by atoms with Crippen LogP contribution in [0.2, 0.25) is 5.28 Å². The van der Waals surface area contributed by atoms with E-state index in [1.165, 1.54) is 6.42 Å². The van der Waals surface area contributed by atoms with Crippen molar-refractivity contribution in [1.82, 2.24) is 9.97 Å². The lowest BCUT2D eigenvalue weighted by Crippen LogP contribution is -2.22. The van der Waals surface area contributed by atoms with Crippen molar-refractivity contribution in [2.75, 3.05) is 23.7 Å². The summed E-state index contributed by atoms with van der Waals surface area (Å²) in [4.78, 5) is 10.4. The van der Waals surface area contributed by atoms with E-state index in [-0.39, 0.29) is 5.28 Å². The molecule has 1 aromatic heterocycles. The van der Waals surface area contributed by atoms with Crippen molar-refractivity contribution < 1.29 is 0 Å². The minimum atomic E-state index is 0.274. The summed E-state index contributed by atoms with van der Waals surface area (Å²) in [6.07, 6.45) is 1.18. The molecular weight excluding hydrogens is 212 g/mol. The molecule has 2 rings (SSSR count). The highest BCUT2D eigenvalue weighted by Crippen LogP contribution is 2.29. The van der Waals surface area contributed by atoms with Gasteiger partial charge in [-0.1, -0.05) is 6.92 Å². The highest BCUT2D eigenvalue weighted by Gasteiger charge is 2.22. The van der Waals surface area contributed by atoms with Crippen molar-refractivity contribution in [3.63, 3.8) is 0 Å².